The highest BCUT2D eigenvalue weighted by Gasteiger charge is 2.25. The Hall–Kier alpha value is -2.73. The number of H-pyrrole nitrogens is 1. The molecule has 1 fully saturated rings. The van der Waals surface area contributed by atoms with Crippen LogP contribution in [0.15, 0.2) is 42.9 Å². The first-order valence-electron chi connectivity index (χ1n) is 8.17. The molecular weight excluding hydrogens is 302 g/mol. The highest BCUT2D eigenvalue weighted by Crippen LogP contribution is 2.38. The molecule has 3 aromatic rings. The van der Waals surface area contributed by atoms with Gasteiger partial charge in [-0.05, 0) is 56.3 Å². The van der Waals surface area contributed by atoms with Gasteiger partial charge in [-0.15, -0.1) is 0 Å². The van der Waals surface area contributed by atoms with Crippen molar-refractivity contribution in [1.29, 1.82) is 0 Å². The van der Waals surface area contributed by atoms with E-state index < -0.39 is 0 Å². The van der Waals surface area contributed by atoms with Crippen LogP contribution in [0.2, 0.25) is 0 Å². The van der Waals surface area contributed by atoms with Crippen molar-refractivity contribution >= 4 is 0 Å². The molecular formula is C18H19N5O. The highest BCUT2D eigenvalue weighted by atomic mass is 16.3. The van der Waals surface area contributed by atoms with E-state index in [4.69, 9.17) is 0 Å². The van der Waals surface area contributed by atoms with Gasteiger partial charge in [0.2, 0.25) is 0 Å². The van der Waals surface area contributed by atoms with Crippen molar-refractivity contribution in [3.05, 3.63) is 48.5 Å². The molecule has 0 aliphatic carbocycles. The number of hydrogen-bond donors (Lipinski definition) is 3. The number of piperidine rings is 1. The Morgan fingerprint density at radius 2 is 1.83 bits per heavy atom. The van der Waals surface area contributed by atoms with Crippen LogP contribution in [0.1, 0.15) is 24.5 Å². The number of aromatic amines is 1. The third-order valence-electron chi connectivity index (χ3n) is 4.52. The molecule has 0 amide bonds. The van der Waals surface area contributed by atoms with Crippen molar-refractivity contribution in [3.63, 3.8) is 0 Å². The van der Waals surface area contributed by atoms with Crippen LogP contribution < -0.4 is 5.32 Å². The van der Waals surface area contributed by atoms with E-state index in [1.54, 1.807) is 24.7 Å². The Morgan fingerprint density at radius 3 is 2.54 bits per heavy atom. The summed E-state index contributed by atoms with van der Waals surface area (Å²) in [4.78, 5) is 8.47. The van der Waals surface area contributed by atoms with Gasteiger partial charge < -0.3 is 10.4 Å². The van der Waals surface area contributed by atoms with Crippen LogP contribution in [0.5, 0.6) is 5.75 Å². The summed E-state index contributed by atoms with van der Waals surface area (Å²) in [6, 6.07) is 9.03. The van der Waals surface area contributed by atoms with Crippen molar-refractivity contribution in [2.75, 3.05) is 13.1 Å². The van der Waals surface area contributed by atoms with Gasteiger partial charge in [0.15, 0.2) is 0 Å². The summed E-state index contributed by atoms with van der Waals surface area (Å²) in [6.45, 7) is 2.03. The smallest absolute Gasteiger partial charge is 0.116 e. The van der Waals surface area contributed by atoms with Crippen molar-refractivity contribution < 1.29 is 5.11 Å². The average Bonchev–Trinajstić information content (AvgIpc) is 3.09. The van der Waals surface area contributed by atoms with E-state index in [-0.39, 0.29) is 5.75 Å². The van der Waals surface area contributed by atoms with Gasteiger partial charge in [0.1, 0.15) is 17.8 Å². The lowest BCUT2D eigenvalue weighted by Gasteiger charge is -2.22. The molecule has 0 atom stereocenters. The second-order valence-electron chi connectivity index (χ2n) is 6.03. The number of phenols is 1. The van der Waals surface area contributed by atoms with E-state index in [1.165, 1.54) is 0 Å². The largest absolute Gasteiger partial charge is 0.508 e. The van der Waals surface area contributed by atoms with Gasteiger partial charge in [0.25, 0.3) is 0 Å². The number of hydrogen-bond acceptors (Lipinski definition) is 5. The second-order valence-corrected chi connectivity index (χ2v) is 6.03. The van der Waals surface area contributed by atoms with Gasteiger partial charge in [-0.3, -0.25) is 5.10 Å². The number of aromatic nitrogens is 4. The summed E-state index contributed by atoms with van der Waals surface area (Å²) in [6.07, 6.45) is 5.47. The van der Waals surface area contributed by atoms with E-state index in [1.807, 2.05) is 18.2 Å². The highest BCUT2D eigenvalue weighted by molar-refractivity contribution is 5.81. The molecule has 2 aromatic heterocycles. The normalized spacial score (nSPS) is 15.5. The average molecular weight is 321 g/mol. The van der Waals surface area contributed by atoms with Crippen molar-refractivity contribution in [1.82, 2.24) is 25.5 Å². The molecule has 0 bridgehead atoms. The quantitative estimate of drug-likeness (QED) is 0.690. The molecule has 1 aliphatic rings. The van der Waals surface area contributed by atoms with Crippen LogP contribution in [-0.2, 0) is 0 Å². The molecule has 0 saturated carbocycles. The summed E-state index contributed by atoms with van der Waals surface area (Å²) in [5, 5.41) is 20.8. The molecule has 0 radical (unpaired) electrons. The molecule has 0 spiro atoms. The fraction of sp³-hybridized carbons (Fsp3) is 0.278. The van der Waals surface area contributed by atoms with Gasteiger partial charge in [0.05, 0.1) is 5.69 Å². The maximum atomic E-state index is 9.54. The van der Waals surface area contributed by atoms with Crippen LogP contribution in [0, 0.1) is 0 Å². The third kappa shape index (κ3) is 2.76. The Labute approximate surface area is 140 Å². The third-order valence-corrected chi connectivity index (χ3v) is 4.52. The topological polar surface area (TPSA) is 86.7 Å². The van der Waals surface area contributed by atoms with Crippen LogP contribution in [-0.4, -0.2) is 38.4 Å². The number of benzene rings is 1. The number of phenolic OH excluding ortho intramolecular Hbond substituents is 1. The molecule has 1 aliphatic heterocycles. The number of aromatic hydroxyl groups is 1. The monoisotopic (exact) mass is 321 g/mol. The summed E-state index contributed by atoms with van der Waals surface area (Å²) < 4.78 is 0. The van der Waals surface area contributed by atoms with Crippen molar-refractivity contribution in [2.45, 2.75) is 18.8 Å². The fourth-order valence-electron chi connectivity index (χ4n) is 3.29. The number of nitrogens with one attached hydrogen (secondary N) is 2. The Balaban J connectivity index is 1.84. The van der Waals surface area contributed by atoms with E-state index in [9.17, 15) is 5.11 Å². The standard InChI is InChI=1S/C18H19N5O/c24-14-3-1-12(2-4-14)17-16(15-7-10-20-11-21-15)18(23-22-17)13-5-8-19-9-6-13/h1-4,7,10-11,13,19,24H,5-6,8-9H2,(H,22,23). The number of nitrogens with zero attached hydrogens (tertiary/aromatic N) is 3. The fourth-order valence-corrected chi connectivity index (χ4v) is 3.29. The zero-order valence-corrected chi connectivity index (χ0v) is 13.2. The minimum absolute atomic E-state index is 0.247. The first kappa shape index (κ1) is 14.8. The SMILES string of the molecule is Oc1ccc(-c2n[nH]c(C3CCNCC3)c2-c2ccncn2)cc1. The molecule has 24 heavy (non-hydrogen) atoms. The molecule has 3 heterocycles. The first-order valence-corrected chi connectivity index (χ1v) is 8.17. The summed E-state index contributed by atoms with van der Waals surface area (Å²) in [5.41, 5.74) is 4.86. The molecule has 0 unspecified atom stereocenters. The Bertz CT molecular complexity index is 807. The van der Waals surface area contributed by atoms with E-state index in [0.29, 0.717) is 5.92 Å². The molecule has 6 nitrogen and oxygen atoms in total. The summed E-state index contributed by atoms with van der Waals surface area (Å²) in [7, 11) is 0. The minimum Gasteiger partial charge on any atom is -0.508 e. The molecule has 1 aromatic carbocycles. The predicted molar refractivity (Wildman–Crippen MR) is 91.6 cm³/mol. The van der Waals surface area contributed by atoms with Crippen LogP contribution in [0.25, 0.3) is 22.5 Å². The zero-order chi connectivity index (χ0) is 16.4. The van der Waals surface area contributed by atoms with Crippen LogP contribution in [0.3, 0.4) is 0 Å². The summed E-state index contributed by atoms with van der Waals surface area (Å²) >= 11 is 0. The van der Waals surface area contributed by atoms with E-state index in [2.05, 4.69) is 25.5 Å². The first-order chi connectivity index (χ1) is 11.8. The lowest BCUT2D eigenvalue weighted by molar-refractivity contribution is 0.453. The maximum Gasteiger partial charge on any atom is 0.116 e. The van der Waals surface area contributed by atoms with Gasteiger partial charge >= 0.3 is 0 Å². The van der Waals surface area contributed by atoms with Crippen LogP contribution >= 0.6 is 0 Å². The van der Waals surface area contributed by atoms with Crippen LogP contribution in [0.4, 0.5) is 0 Å². The number of rotatable bonds is 3. The van der Waals surface area contributed by atoms with Gasteiger partial charge in [-0.25, -0.2) is 9.97 Å². The second kappa shape index (κ2) is 6.41. The molecule has 4 rings (SSSR count). The predicted octanol–water partition coefficient (Wildman–Crippen LogP) is 2.71. The maximum absolute atomic E-state index is 9.54. The van der Waals surface area contributed by atoms with Crippen molar-refractivity contribution in [2.24, 2.45) is 0 Å². The van der Waals surface area contributed by atoms with E-state index in [0.717, 1.165) is 54.1 Å². The van der Waals surface area contributed by atoms with E-state index >= 15 is 0 Å². The zero-order valence-electron chi connectivity index (χ0n) is 13.2. The van der Waals surface area contributed by atoms with Gasteiger partial charge in [0, 0.05) is 28.9 Å². The van der Waals surface area contributed by atoms with Gasteiger partial charge in [-0.1, -0.05) is 0 Å². The Morgan fingerprint density at radius 1 is 1.04 bits per heavy atom. The van der Waals surface area contributed by atoms with Crippen molar-refractivity contribution in [3.8, 4) is 28.3 Å². The van der Waals surface area contributed by atoms with Gasteiger partial charge in [-0.2, -0.15) is 5.10 Å². The Kier molecular flexibility index (Phi) is 3.96. The summed E-state index contributed by atoms with van der Waals surface area (Å²) in [5.74, 6) is 0.686. The minimum atomic E-state index is 0.247. The molecule has 3 N–H and O–H groups in total. The molecule has 1 saturated heterocycles. The lowest BCUT2D eigenvalue weighted by Crippen LogP contribution is -2.27. The molecule has 6 heteroatoms. The molecule has 122 valence electrons. The lowest BCUT2D eigenvalue weighted by atomic mass is 9.89.